The SMILES string of the molecule is C[C@@H]1CCC[C@H](C(=O)N[C@@H]2CCCC[C@@H]2C)C1. The molecule has 1 N–H and O–H groups in total. The molecule has 1 amide bonds. The first-order valence-electron chi connectivity index (χ1n) is 7.47. The molecule has 2 aliphatic rings. The van der Waals surface area contributed by atoms with Crippen LogP contribution in [0.4, 0.5) is 0 Å². The second kappa shape index (κ2) is 5.88. The fourth-order valence-electron chi connectivity index (χ4n) is 3.50. The van der Waals surface area contributed by atoms with E-state index in [-0.39, 0.29) is 0 Å². The maximum absolute atomic E-state index is 12.2. The van der Waals surface area contributed by atoms with Gasteiger partial charge in [-0.25, -0.2) is 0 Å². The predicted molar refractivity (Wildman–Crippen MR) is 70.7 cm³/mol. The molecular formula is C15H27NO. The lowest BCUT2D eigenvalue weighted by Gasteiger charge is -2.32. The summed E-state index contributed by atoms with van der Waals surface area (Å²) < 4.78 is 0. The smallest absolute Gasteiger partial charge is 0.223 e. The highest BCUT2D eigenvalue weighted by Gasteiger charge is 2.28. The molecule has 2 rings (SSSR count). The van der Waals surface area contributed by atoms with Gasteiger partial charge in [-0.1, -0.05) is 39.5 Å². The minimum Gasteiger partial charge on any atom is -0.353 e. The zero-order chi connectivity index (χ0) is 12.3. The third-order valence-electron chi connectivity index (χ3n) is 4.75. The average molecular weight is 237 g/mol. The van der Waals surface area contributed by atoms with E-state index in [2.05, 4.69) is 19.2 Å². The predicted octanol–water partition coefficient (Wildman–Crippen LogP) is 3.51. The zero-order valence-corrected chi connectivity index (χ0v) is 11.4. The maximum atomic E-state index is 12.2. The van der Waals surface area contributed by atoms with E-state index in [0.29, 0.717) is 23.8 Å². The number of hydrogen-bond acceptors (Lipinski definition) is 1. The van der Waals surface area contributed by atoms with Gasteiger partial charge < -0.3 is 5.32 Å². The molecule has 0 spiro atoms. The maximum Gasteiger partial charge on any atom is 0.223 e. The average Bonchev–Trinajstić information content (AvgIpc) is 2.32. The third-order valence-corrected chi connectivity index (χ3v) is 4.75. The molecule has 0 aromatic heterocycles. The van der Waals surface area contributed by atoms with E-state index in [1.165, 1.54) is 38.5 Å². The van der Waals surface area contributed by atoms with Crippen LogP contribution in [-0.4, -0.2) is 11.9 Å². The second-order valence-electron chi connectivity index (χ2n) is 6.35. The molecule has 2 fully saturated rings. The van der Waals surface area contributed by atoms with Crippen LogP contribution in [0.5, 0.6) is 0 Å². The van der Waals surface area contributed by atoms with Crippen molar-refractivity contribution >= 4 is 5.91 Å². The lowest BCUT2D eigenvalue weighted by atomic mass is 9.81. The number of carbonyl (C=O) groups is 1. The molecule has 2 aliphatic carbocycles. The monoisotopic (exact) mass is 237 g/mol. The fourth-order valence-corrected chi connectivity index (χ4v) is 3.50. The van der Waals surface area contributed by atoms with E-state index in [9.17, 15) is 4.79 Å². The summed E-state index contributed by atoms with van der Waals surface area (Å²) in [6, 6.07) is 0.452. The van der Waals surface area contributed by atoms with E-state index in [4.69, 9.17) is 0 Å². The molecule has 0 bridgehead atoms. The van der Waals surface area contributed by atoms with E-state index in [1.54, 1.807) is 0 Å². The lowest BCUT2D eigenvalue weighted by molar-refractivity contribution is -0.127. The Bertz CT molecular complexity index is 264. The Morgan fingerprint density at radius 2 is 1.76 bits per heavy atom. The first kappa shape index (κ1) is 12.9. The van der Waals surface area contributed by atoms with E-state index in [1.807, 2.05) is 0 Å². The molecule has 98 valence electrons. The molecule has 17 heavy (non-hydrogen) atoms. The van der Waals surface area contributed by atoms with Crippen LogP contribution in [0.25, 0.3) is 0 Å². The first-order chi connectivity index (χ1) is 8.16. The summed E-state index contributed by atoms with van der Waals surface area (Å²) in [5.41, 5.74) is 0. The van der Waals surface area contributed by atoms with Gasteiger partial charge in [-0.15, -0.1) is 0 Å². The van der Waals surface area contributed by atoms with Gasteiger partial charge in [-0.2, -0.15) is 0 Å². The summed E-state index contributed by atoms with van der Waals surface area (Å²) >= 11 is 0. The highest BCUT2D eigenvalue weighted by molar-refractivity contribution is 5.79. The van der Waals surface area contributed by atoms with Gasteiger partial charge in [0.1, 0.15) is 0 Å². The van der Waals surface area contributed by atoms with Gasteiger partial charge in [0.05, 0.1) is 0 Å². The van der Waals surface area contributed by atoms with Crippen molar-refractivity contribution in [3.63, 3.8) is 0 Å². The minimum absolute atomic E-state index is 0.299. The van der Waals surface area contributed by atoms with Gasteiger partial charge in [0, 0.05) is 12.0 Å². The van der Waals surface area contributed by atoms with Gasteiger partial charge in [0.25, 0.3) is 0 Å². The molecule has 0 saturated heterocycles. The lowest BCUT2D eigenvalue weighted by Crippen LogP contribution is -2.44. The summed E-state index contributed by atoms with van der Waals surface area (Å²) in [4.78, 5) is 12.2. The highest BCUT2D eigenvalue weighted by Crippen LogP contribution is 2.30. The van der Waals surface area contributed by atoms with E-state index in [0.717, 1.165) is 18.8 Å². The molecule has 0 unspecified atom stereocenters. The van der Waals surface area contributed by atoms with Gasteiger partial charge in [0.2, 0.25) is 5.91 Å². The summed E-state index contributed by atoms with van der Waals surface area (Å²) in [5.74, 6) is 2.06. The topological polar surface area (TPSA) is 29.1 Å². The summed E-state index contributed by atoms with van der Waals surface area (Å²) in [7, 11) is 0. The molecule has 0 heterocycles. The van der Waals surface area contributed by atoms with Crippen molar-refractivity contribution in [1.82, 2.24) is 5.32 Å². The molecule has 0 radical (unpaired) electrons. The van der Waals surface area contributed by atoms with Gasteiger partial charge in [-0.05, 0) is 37.5 Å². The number of hydrogen-bond donors (Lipinski definition) is 1. The Kier molecular flexibility index (Phi) is 4.47. The largest absolute Gasteiger partial charge is 0.353 e. The summed E-state index contributed by atoms with van der Waals surface area (Å²) in [6.45, 7) is 4.57. The summed E-state index contributed by atoms with van der Waals surface area (Å²) in [5, 5.41) is 3.32. The quantitative estimate of drug-likeness (QED) is 0.782. The highest BCUT2D eigenvalue weighted by atomic mass is 16.1. The Balaban J connectivity index is 1.83. The minimum atomic E-state index is 0.299. The molecule has 0 aromatic carbocycles. The number of amides is 1. The van der Waals surface area contributed by atoms with Crippen LogP contribution in [-0.2, 0) is 4.79 Å². The Labute approximate surface area is 106 Å². The molecule has 0 aliphatic heterocycles. The van der Waals surface area contributed by atoms with Crippen molar-refractivity contribution < 1.29 is 4.79 Å². The number of rotatable bonds is 2. The molecular weight excluding hydrogens is 210 g/mol. The van der Waals surface area contributed by atoms with Gasteiger partial charge in [-0.3, -0.25) is 4.79 Å². The Morgan fingerprint density at radius 1 is 1.00 bits per heavy atom. The van der Waals surface area contributed by atoms with Gasteiger partial charge >= 0.3 is 0 Å². The van der Waals surface area contributed by atoms with Crippen LogP contribution in [0.2, 0.25) is 0 Å². The summed E-state index contributed by atoms with van der Waals surface area (Å²) in [6.07, 6.45) is 9.86. The van der Waals surface area contributed by atoms with Crippen molar-refractivity contribution in [3.8, 4) is 0 Å². The zero-order valence-electron chi connectivity index (χ0n) is 11.4. The molecule has 2 heteroatoms. The molecule has 2 saturated carbocycles. The van der Waals surface area contributed by atoms with Crippen LogP contribution in [0.15, 0.2) is 0 Å². The van der Waals surface area contributed by atoms with Crippen molar-refractivity contribution in [2.75, 3.05) is 0 Å². The van der Waals surface area contributed by atoms with Crippen LogP contribution in [0.1, 0.15) is 65.2 Å². The molecule has 2 nitrogen and oxygen atoms in total. The van der Waals surface area contributed by atoms with Crippen molar-refractivity contribution in [2.45, 2.75) is 71.3 Å². The van der Waals surface area contributed by atoms with Crippen molar-refractivity contribution in [1.29, 1.82) is 0 Å². The normalized spacial score (nSPS) is 38.7. The first-order valence-corrected chi connectivity index (χ1v) is 7.47. The van der Waals surface area contributed by atoms with Crippen LogP contribution in [0, 0.1) is 17.8 Å². The molecule has 4 atom stereocenters. The third kappa shape index (κ3) is 3.46. The van der Waals surface area contributed by atoms with E-state index >= 15 is 0 Å². The number of carbonyl (C=O) groups excluding carboxylic acids is 1. The van der Waals surface area contributed by atoms with Crippen molar-refractivity contribution in [3.05, 3.63) is 0 Å². The number of nitrogens with one attached hydrogen (secondary N) is 1. The van der Waals surface area contributed by atoms with E-state index < -0.39 is 0 Å². The fraction of sp³-hybridized carbons (Fsp3) is 0.933. The van der Waals surface area contributed by atoms with Gasteiger partial charge in [0.15, 0.2) is 0 Å². The van der Waals surface area contributed by atoms with Crippen LogP contribution in [0.3, 0.4) is 0 Å². The Morgan fingerprint density at radius 3 is 2.47 bits per heavy atom. The van der Waals surface area contributed by atoms with Crippen molar-refractivity contribution in [2.24, 2.45) is 17.8 Å². The van der Waals surface area contributed by atoms with Crippen LogP contribution >= 0.6 is 0 Å². The Hall–Kier alpha value is -0.530. The molecule has 0 aromatic rings. The second-order valence-corrected chi connectivity index (χ2v) is 6.35. The van der Waals surface area contributed by atoms with Crippen LogP contribution < -0.4 is 5.32 Å². The standard InChI is InChI=1S/C15H27NO/c1-11-6-5-8-13(10-11)15(17)16-14-9-4-3-7-12(14)2/h11-14H,3-10H2,1-2H3,(H,16,17)/t11-,12+,13+,14-/m1/s1.